The second-order valence-electron chi connectivity index (χ2n) is 2.61. The van der Waals surface area contributed by atoms with Gasteiger partial charge in [0.15, 0.2) is 11.5 Å². The highest BCUT2D eigenvalue weighted by molar-refractivity contribution is 7.97. The molecule has 0 saturated carbocycles. The predicted octanol–water partition coefficient (Wildman–Crippen LogP) is 2.08. The van der Waals surface area contributed by atoms with E-state index >= 15 is 0 Å². The summed E-state index contributed by atoms with van der Waals surface area (Å²) in [5.41, 5.74) is -0.0389. The van der Waals surface area contributed by atoms with Crippen molar-refractivity contribution in [2.24, 2.45) is 0 Å². The zero-order valence-corrected chi connectivity index (χ0v) is 7.55. The van der Waals surface area contributed by atoms with Crippen LogP contribution in [-0.4, -0.2) is 11.4 Å². The van der Waals surface area contributed by atoms with Crippen LogP contribution in [0.1, 0.15) is 10.4 Å². The highest BCUT2D eigenvalue weighted by atomic mass is 32.1. The molecular formula is C8H4F2O3S. The van der Waals surface area contributed by atoms with Crippen LogP contribution in [0.2, 0.25) is 0 Å². The summed E-state index contributed by atoms with van der Waals surface area (Å²) in [5.74, 6) is -0.424. The lowest BCUT2D eigenvalue weighted by atomic mass is 10.2. The zero-order valence-electron chi connectivity index (χ0n) is 6.66. The lowest BCUT2D eigenvalue weighted by Crippen LogP contribution is -2.26. The normalized spacial score (nSPS) is 16.8. The Balaban J connectivity index is 2.52. The molecule has 0 aromatic heterocycles. The second-order valence-corrected chi connectivity index (χ2v) is 3.01. The number of carbonyl (C=O) groups excluding carboxylic acids is 1. The summed E-state index contributed by atoms with van der Waals surface area (Å²) in [6, 6.07) is 4.03. The van der Waals surface area contributed by atoms with E-state index in [0.717, 1.165) is 0 Å². The van der Waals surface area contributed by atoms with Crippen molar-refractivity contribution in [3.63, 3.8) is 0 Å². The molecule has 1 heterocycles. The number of hydrogen-bond donors (Lipinski definition) is 1. The number of alkyl halides is 2. The van der Waals surface area contributed by atoms with Gasteiger partial charge in [-0.2, -0.15) is 0 Å². The molecule has 1 aromatic carbocycles. The summed E-state index contributed by atoms with van der Waals surface area (Å²) in [7, 11) is 0. The maximum Gasteiger partial charge on any atom is 0.586 e. The molecule has 6 heteroatoms. The third-order valence-corrected chi connectivity index (χ3v) is 1.90. The molecule has 1 aliphatic heterocycles. The first kappa shape index (κ1) is 9.26. The van der Waals surface area contributed by atoms with E-state index in [9.17, 15) is 13.6 Å². The Bertz CT molecular complexity index is 406. The Morgan fingerprint density at radius 3 is 2.71 bits per heavy atom. The number of ether oxygens (including phenoxy) is 2. The van der Waals surface area contributed by atoms with Crippen LogP contribution in [0.5, 0.6) is 11.5 Å². The largest absolute Gasteiger partial charge is 0.586 e. The zero-order chi connectivity index (χ0) is 10.3. The standard InChI is InChI=1S/C8H4F2O3S/c9-8(10)12-5-3-1-2-4(7(11)14)6(5)13-8/h1-3H,(H,11,14). The molecule has 74 valence electrons. The maximum absolute atomic E-state index is 12.6. The second kappa shape index (κ2) is 2.84. The summed E-state index contributed by atoms with van der Waals surface area (Å²) >= 11 is 3.52. The van der Waals surface area contributed by atoms with Crippen LogP contribution in [0.4, 0.5) is 8.78 Å². The average Bonchev–Trinajstić information content (AvgIpc) is 2.36. The first-order valence-corrected chi connectivity index (χ1v) is 4.06. The highest BCUT2D eigenvalue weighted by Gasteiger charge is 2.44. The molecule has 0 atom stereocenters. The minimum Gasteiger partial charge on any atom is -0.395 e. The van der Waals surface area contributed by atoms with Gasteiger partial charge in [0.1, 0.15) is 0 Å². The van der Waals surface area contributed by atoms with Gasteiger partial charge in [-0.3, -0.25) is 4.79 Å². The van der Waals surface area contributed by atoms with Crippen LogP contribution in [0.15, 0.2) is 18.2 Å². The van der Waals surface area contributed by atoms with Crippen molar-refractivity contribution in [2.75, 3.05) is 0 Å². The van der Waals surface area contributed by atoms with E-state index in [-0.39, 0.29) is 17.1 Å². The minimum atomic E-state index is -3.71. The molecule has 0 fully saturated rings. The van der Waals surface area contributed by atoms with Crippen LogP contribution in [0.25, 0.3) is 0 Å². The highest BCUT2D eigenvalue weighted by Crippen LogP contribution is 2.43. The van der Waals surface area contributed by atoms with Crippen molar-refractivity contribution in [1.82, 2.24) is 0 Å². The predicted molar refractivity (Wildman–Crippen MR) is 46.0 cm³/mol. The lowest BCUT2D eigenvalue weighted by molar-refractivity contribution is -0.286. The molecule has 0 radical (unpaired) electrons. The number of fused-ring (bicyclic) bond motifs is 1. The summed E-state index contributed by atoms with van der Waals surface area (Å²) in [6.45, 7) is 0. The van der Waals surface area contributed by atoms with Gasteiger partial charge in [-0.1, -0.05) is 6.07 Å². The number of rotatable bonds is 1. The van der Waals surface area contributed by atoms with Crippen molar-refractivity contribution in [3.8, 4) is 11.5 Å². The number of carbonyl (C=O) groups is 1. The number of halogens is 2. The van der Waals surface area contributed by atoms with Crippen LogP contribution < -0.4 is 9.47 Å². The Kier molecular flexibility index (Phi) is 1.88. The van der Waals surface area contributed by atoms with Gasteiger partial charge >= 0.3 is 6.29 Å². The van der Waals surface area contributed by atoms with E-state index in [1.165, 1.54) is 18.2 Å². The molecule has 0 bridgehead atoms. The molecule has 2 rings (SSSR count). The van der Waals surface area contributed by atoms with E-state index < -0.39 is 11.4 Å². The molecule has 0 aliphatic carbocycles. The van der Waals surface area contributed by atoms with Gasteiger partial charge in [-0.05, 0) is 12.1 Å². The van der Waals surface area contributed by atoms with Crippen LogP contribution in [0.3, 0.4) is 0 Å². The molecule has 1 aromatic rings. The molecule has 0 amide bonds. The van der Waals surface area contributed by atoms with Crippen molar-refractivity contribution in [2.45, 2.75) is 6.29 Å². The van der Waals surface area contributed by atoms with Crippen molar-refractivity contribution in [3.05, 3.63) is 23.8 Å². The summed E-state index contributed by atoms with van der Waals surface area (Å²) in [5, 5.41) is -0.650. The quantitative estimate of drug-likeness (QED) is 0.733. The van der Waals surface area contributed by atoms with E-state index in [1.807, 2.05) is 0 Å². The molecule has 0 N–H and O–H groups in total. The average molecular weight is 218 g/mol. The molecule has 1 aliphatic rings. The van der Waals surface area contributed by atoms with Gasteiger partial charge in [0, 0.05) is 0 Å². The number of para-hydroxylation sites is 1. The van der Waals surface area contributed by atoms with Gasteiger partial charge in [0.2, 0.25) is 5.12 Å². The van der Waals surface area contributed by atoms with Crippen molar-refractivity contribution in [1.29, 1.82) is 0 Å². The number of thiol groups is 1. The van der Waals surface area contributed by atoms with Crippen LogP contribution in [0, 0.1) is 0 Å². The smallest absolute Gasteiger partial charge is 0.395 e. The fraction of sp³-hybridized carbons (Fsp3) is 0.125. The molecular weight excluding hydrogens is 214 g/mol. The van der Waals surface area contributed by atoms with E-state index in [1.54, 1.807) is 0 Å². The summed E-state index contributed by atoms with van der Waals surface area (Å²) in [4.78, 5) is 10.9. The van der Waals surface area contributed by atoms with Gasteiger partial charge in [0.05, 0.1) is 5.56 Å². The third-order valence-electron chi connectivity index (χ3n) is 1.66. The van der Waals surface area contributed by atoms with Gasteiger partial charge in [-0.25, -0.2) is 0 Å². The Hall–Kier alpha value is -1.30. The SMILES string of the molecule is O=C(S)c1cccc2c1OC(F)(F)O2. The maximum atomic E-state index is 12.6. The van der Waals surface area contributed by atoms with Crippen LogP contribution in [-0.2, 0) is 0 Å². The first-order valence-electron chi connectivity index (χ1n) is 3.62. The Labute approximate surface area is 83.0 Å². The van der Waals surface area contributed by atoms with Gasteiger partial charge in [0.25, 0.3) is 0 Å². The monoisotopic (exact) mass is 218 g/mol. The molecule has 0 spiro atoms. The van der Waals surface area contributed by atoms with Crippen molar-refractivity contribution < 1.29 is 23.0 Å². The van der Waals surface area contributed by atoms with E-state index in [0.29, 0.717) is 0 Å². The lowest BCUT2D eigenvalue weighted by Gasteiger charge is -2.05. The van der Waals surface area contributed by atoms with Crippen LogP contribution >= 0.6 is 12.6 Å². The first-order chi connectivity index (χ1) is 6.49. The molecule has 3 nitrogen and oxygen atoms in total. The summed E-state index contributed by atoms with van der Waals surface area (Å²) in [6.07, 6.45) is -3.71. The van der Waals surface area contributed by atoms with Crippen molar-refractivity contribution >= 4 is 17.7 Å². The third kappa shape index (κ3) is 1.41. The van der Waals surface area contributed by atoms with E-state index in [4.69, 9.17) is 0 Å². The Morgan fingerprint density at radius 2 is 2.07 bits per heavy atom. The number of hydrogen-bond acceptors (Lipinski definition) is 3. The number of benzene rings is 1. The minimum absolute atomic E-state index is 0.0389. The molecule has 14 heavy (non-hydrogen) atoms. The van der Waals surface area contributed by atoms with Gasteiger partial charge in [-0.15, -0.1) is 21.4 Å². The summed E-state index contributed by atoms with van der Waals surface area (Å²) < 4.78 is 33.5. The fourth-order valence-electron chi connectivity index (χ4n) is 1.14. The molecule has 0 unspecified atom stereocenters. The molecule has 0 saturated heterocycles. The van der Waals surface area contributed by atoms with Gasteiger partial charge < -0.3 is 9.47 Å². The topological polar surface area (TPSA) is 35.5 Å². The Morgan fingerprint density at radius 1 is 1.36 bits per heavy atom. The van der Waals surface area contributed by atoms with E-state index in [2.05, 4.69) is 22.1 Å². The fourth-order valence-corrected chi connectivity index (χ4v) is 1.31.